The molecule has 1 rings (SSSR count). The molecule has 9 heteroatoms. The van der Waals surface area contributed by atoms with Crippen LogP contribution in [0.5, 0.6) is 0 Å². The number of carboxylic acid groups (broad SMARTS) is 1. The van der Waals surface area contributed by atoms with E-state index in [-0.39, 0.29) is 12.8 Å². The van der Waals surface area contributed by atoms with Gasteiger partial charge in [-0.25, -0.2) is 4.79 Å². The minimum absolute atomic E-state index is 0.0499. The summed E-state index contributed by atoms with van der Waals surface area (Å²) in [5.41, 5.74) is 5.52. The molecular weight excluding hydrogens is 284 g/mol. The molecule has 0 saturated heterocycles. The molecule has 20 heavy (non-hydrogen) atoms. The number of hydrogen-bond donors (Lipinski definition) is 3. The summed E-state index contributed by atoms with van der Waals surface area (Å²) in [5.74, 6) is -2.37. The maximum absolute atomic E-state index is 12.0. The van der Waals surface area contributed by atoms with Gasteiger partial charge in [0.1, 0.15) is 10.9 Å². The SMILES string of the molecule is CCCc1nnsc1C(=O)N[C@@H](CCC(N)=O)C(=O)O. The number of carbonyl (C=O) groups excluding carboxylic acids is 2. The third-order valence-electron chi connectivity index (χ3n) is 2.53. The highest BCUT2D eigenvalue weighted by molar-refractivity contribution is 7.08. The van der Waals surface area contributed by atoms with Crippen LogP contribution >= 0.6 is 11.5 Å². The second-order valence-electron chi connectivity index (χ2n) is 4.17. The molecule has 0 spiro atoms. The fourth-order valence-electron chi connectivity index (χ4n) is 1.55. The predicted octanol–water partition coefficient (Wildman–Crippen LogP) is -0.0609. The lowest BCUT2D eigenvalue weighted by molar-refractivity contribution is -0.139. The maximum Gasteiger partial charge on any atom is 0.326 e. The van der Waals surface area contributed by atoms with E-state index in [0.717, 1.165) is 18.0 Å². The Morgan fingerprint density at radius 1 is 1.45 bits per heavy atom. The quantitative estimate of drug-likeness (QED) is 0.615. The van der Waals surface area contributed by atoms with Gasteiger partial charge >= 0.3 is 5.97 Å². The summed E-state index contributed by atoms with van der Waals surface area (Å²) in [4.78, 5) is 34.0. The second-order valence-corrected chi connectivity index (χ2v) is 4.92. The Morgan fingerprint density at radius 3 is 2.70 bits per heavy atom. The van der Waals surface area contributed by atoms with Crippen molar-refractivity contribution >= 4 is 29.3 Å². The average molecular weight is 300 g/mol. The molecule has 110 valence electrons. The second kappa shape index (κ2) is 7.53. The van der Waals surface area contributed by atoms with Gasteiger partial charge in [-0.3, -0.25) is 9.59 Å². The number of nitrogens with two attached hydrogens (primary N) is 1. The van der Waals surface area contributed by atoms with Gasteiger partial charge in [0.05, 0.1) is 5.69 Å². The molecule has 0 aromatic carbocycles. The van der Waals surface area contributed by atoms with Gasteiger partial charge in [0, 0.05) is 6.42 Å². The standard InChI is InChI=1S/C11H16N4O4S/c1-2-3-6-9(20-15-14-6)10(17)13-7(11(18)19)4-5-8(12)16/h7H,2-5H2,1H3,(H2,12,16)(H,13,17)(H,18,19)/t7-/m0/s1. The molecule has 1 aromatic heterocycles. The van der Waals surface area contributed by atoms with Gasteiger partial charge in [-0.2, -0.15) is 0 Å². The van der Waals surface area contributed by atoms with Gasteiger partial charge in [-0.15, -0.1) is 5.10 Å². The van der Waals surface area contributed by atoms with Crippen molar-refractivity contribution in [2.45, 2.75) is 38.6 Å². The van der Waals surface area contributed by atoms with E-state index in [1.807, 2.05) is 6.92 Å². The van der Waals surface area contributed by atoms with Crippen molar-refractivity contribution in [1.82, 2.24) is 14.9 Å². The largest absolute Gasteiger partial charge is 0.480 e. The zero-order valence-electron chi connectivity index (χ0n) is 11.0. The van der Waals surface area contributed by atoms with E-state index in [9.17, 15) is 14.4 Å². The number of carboxylic acids is 1. The molecule has 2 amide bonds. The molecule has 8 nitrogen and oxygen atoms in total. The Kier molecular flexibility index (Phi) is 6.04. The van der Waals surface area contributed by atoms with Crippen LogP contribution in [-0.4, -0.2) is 38.5 Å². The molecule has 1 aromatic rings. The van der Waals surface area contributed by atoms with Gasteiger partial charge in [-0.1, -0.05) is 17.8 Å². The lowest BCUT2D eigenvalue weighted by atomic mass is 10.1. The van der Waals surface area contributed by atoms with Crippen molar-refractivity contribution < 1.29 is 19.5 Å². The highest BCUT2D eigenvalue weighted by Crippen LogP contribution is 2.13. The van der Waals surface area contributed by atoms with E-state index in [0.29, 0.717) is 17.0 Å². The molecule has 1 atom stereocenters. The van der Waals surface area contributed by atoms with Crippen LogP contribution < -0.4 is 11.1 Å². The highest BCUT2D eigenvalue weighted by atomic mass is 32.1. The first-order valence-corrected chi connectivity index (χ1v) is 6.86. The van der Waals surface area contributed by atoms with E-state index in [4.69, 9.17) is 10.8 Å². The van der Waals surface area contributed by atoms with E-state index >= 15 is 0 Å². The number of aromatic nitrogens is 2. The van der Waals surface area contributed by atoms with Crippen LogP contribution in [0, 0.1) is 0 Å². The van der Waals surface area contributed by atoms with Gasteiger partial charge in [-0.05, 0) is 24.4 Å². The fourth-order valence-corrected chi connectivity index (χ4v) is 2.16. The molecule has 4 N–H and O–H groups in total. The topological polar surface area (TPSA) is 135 Å². The molecular formula is C11H16N4O4S. The minimum atomic E-state index is -1.21. The molecule has 0 fully saturated rings. The summed E-state index contributed by atoms with van der Waals surface area (Å²) >= 11 is 0.918. The fraction of sp³-hybridized carbons (Fsp3) is 0.545. The van der Waals surface area contributed by atoms with Gasteiger partial charge < -0.3 is 16.2 Å². The molecule has 0 aliphatic carbocycles. The number of hydrogen-bond acceptors (Lipinski definition) is 6. The average Bonchev–Trinajstić information content (AvgIpc) is 2.82. The maximum atomic E-state index is 12.0. The number of carbonyl (C=O) groups is 3. The Morgan fingerprint density at radius 2 is 2.15 bits per heavy atom. The summed E-state index contributed by atoms with van der Waals surface area (Å²) in [5, 5.41) is 15.2. The van der Waals surface area contributed by atoms with Crippen LogP contribution in [0.4, 0.5) is 0 Å². The number of aryl methyl sites for hydroxylation is 1. The lowest BCUT2D eigenvalue weighted by Crippen LogP contribution is -2.41. The van der Waals surface area contributed by atoms with Crippen molar-refractivity contribution in [1.29, 1.82) is 0 Å². The number of aliphatic carboxylic acids is 1. The zero-order chi connectivity index (χ0) is 15.1. The molecule has 0 aliphatic rings. The molecule has 1 heterocycles. The highest BCUT2D eigenvalue weighted by Gasteiger charge is 2.24. The first kappa shape index (κ1) is 16.0. The van der Waals surface area contributed by atoms with Gasteiger partial charge in [0.25, 0.3) is 5.91 Å². The van der Waals surface area contributed by atoms with Gasteiger partial charge in [0.2, 0.25) is 5.91 Å². The number of amides is 2. The smallest absolute Gasteiger partial charge is 0.326 e. The Bertz CT molecular complexity index is 502. The normalized spacial score (nSPS) is 11.8. The summed E-state index contributed by atoms with van der Waals surface area (Å²) in [6.07, 6.45) is 1.24. The number of nitrogens with zero attached hydrogens (tertiary/aromatic N) is 2. The summed E-state index contributed by atoms with van der Waals surface area (Å²) in [7, 11) is 0. The third kappa shape index (κ3) is 4.57. The molecule has 0 radical (unpaired) electrons. The van der Waals surface area contributed by atoms with E-state index in [1.165, 1.54) is 0 Å². The lowest BCUT2D eigenvalue weighted by Gasteiger charge is -2.13. The van der Waals surface area contributed by atoms with E-state index < -0.39 is 23.8 Å². The summed E-state index contributed by atoms with van der Waals surface area (Å²) < 4.78 is 3.70. The van der Waals surface area contributed by atoms with Crippen molar-refractivity contribution in [3.63, 3.8) is 0 Å². The molecule has 0 unspecified atom stereocenters. The molecule has 0 aliphatic heterocycles. The van der Waals surface area contributed by atoms with Crippen LogP contribution in [-0.2, 0) is 16.0 Å². The van der Waals surface area contributed by atoms with Gasteiger partial charge in [0.15, 0.2) is 0 Å². The number of nitrogens with one attached hydrogen (secondary N) is 1. The van der Waals surface area contributed by atoms with Crippen LogP contribution in [0.25, 0.3) is 0 Å². The molecule has 0 saturated carbocycles. The summed E-state index contributed by atoms with van der Waals surface area (Å²) in [6, 6.07) is -1.16. The number of rotatable bonds is 8. The van der Waals surface area contributed by atoms with Crippen molar-refractivity contribution in [2.24, 2.45) is 5.73 Å². The first-order valence-electron chi connectivity index (χ1n) is 6.08. The minimum Gasteiger partial charge on any atom is -0.480 e. The molecule has 0 bridgehead atoms. The van der Waals surface area contributed by atoms with Crippen LogP contribution in [0.3, 0.4) is 0 Å². The predicted molar refractivity (Wildman–Crippen MR) is 71.2 cm³/mol. The Balaban J connectivity index is 2.72. The van der Waals surface area contributed by atoms with Crippen molar-refractivity contribution in [2.75, 3.05) is 0 Å². The van der Waals surface area contributed by atoms with Crippen LogP contribution in [0.1, 0.15) is 41.6 Å². The van der Waals surface area contributed by atoms with E-state index in [2.05, 4.69) is 14.9 Å². The van der Waals surface area contributed by atoms with Crippen LogP contribution in [0.2, 0.25) is 0 Å². The third-order valence-corrected chi connectivity index (χ3v) is 3.30. The van der Waals surface area contributed by atoms with Crippen molar-refractivity contribution in [3.05, 3.63) is 10.6 Å². The summed E-state index contributed by atoms with van der Waals surface area (Å²) in [6.45, 7) is 1.94. The number of primary amides is 1. The Labute approximate surface area is 119 Å². The zero-order valence-corrected chi connectivity index (χ0v) is 11.8. The van der Waals surface area contributed by atoms with E-state index in [1.54, 1.807) is 0 Å². The van der Waals surface area contributed by atoms with Crippen LogP contribution in [0.15, 0.2) is 0 Å². The monoisotopic (exact) mass is 300 g/mol. The van der Waals surface area contributed by atoms with Crippen molar-refractivity contribution in [3.8, 4) is 0 Å². The Hall–Kier alpha value is -2.03. The first-order chi connectivity index (χ1) is 9.45.